The van der Waals surface area contributed by atoms with E-state index in [9.17, 15) is 14.7 Å². The summed E-state index contributed by atoms with van der Waals surface area (Å²) < 4.78 is 5.14. The fraction of sp³-hybridized carbons (Fsp3) is 0.529. The molecule has 6 nitrogen and oxygen atoms in total. The van der Waals surface area contributed by atoms with E-state index in [0.717, 1.165) is 31.4 Å². The van der Waals surface area contributed by atoms with Gasteiger partial charge in [-0.1, -0.05) is 25.0 Å². The van der Waals surface area contributed by atoms with Gasteiger partial charge in [-0.15, -0.1) is 0 Å². The van der Waals surface area contributed by atoms with E-state index >= 15 is 0 Å². The van der Waals surface area contributed by atoms with Crippen molar-refractivity contribution in [1.82, 2.24) is 5.32 Å². The lowest BCUT2D eigenvalue weighted by molar-refractivity contribution is -0.133. The molecule has 2 amide bonds. The van der Waals surface area contributed by atoms with Gasteiger partial charge in [0, 0.05) is 11.6 Å². The topological polar surface area (TPSA) is 87.7 Å². The molecule has 23 heavy (non-hydrogen) atoms. The molecule has 0 aromatic heterocycles. The van der Waals surface area contributed by atoms with Gasteiger partial charge < -0.3 is 20.5 Å². The summed E-state index contributed by atoms with van der Waals surface area (Å²) in [6.07, 6.45) is 3.34. The normalized spacial score (nSPS) is 23.3. The van der Waals surface area contributed by atoms with Crippen LogP contribution in [-0.2, 0) is 14.3 Å². The van der Waals surface area contributed by atoms with Gasteiger partial charge in [-0.05, 0) is 30.5 Å². The third-order valence-electron chi connectivity index (χ3n) is 4.50. The van der Waals surface area contributed by atoms with Gasteiger partial charge >= 0.3 is 0 Å². The molecule has 1 saturated heterocycles. The third kappa shape index (κ3) is 3.89. The van der Waals surface area contributed by atoms with Gasteiger partial charge in [-0.2, -0.15) is 0 Å². The fourth-order valence-electron chi connectivity index (χ4n) is 3.17. The van der Waals surface area contributed by atoms with Crippen LogP contribution >= 0.6 is 0 Å². The van der Waals surface area contributed by atoms with Gasteiger partial charge in [0.2, 0.25) is 11.8 Å². The van der Waals surface area contributed by atoms with Crippen LogP contribution in [0.5, 0.6) is 0 Å². The number of hydrogen-bond acceptors (Lipinski definition) is 4. The summed E-state index contributed by atoms with van der Waals surface area (Å²) >= 11 is 0. The fourth-order valence-corrected chi connectivity index (χ4v) is 3.17. The number of amides is 2. The average molecular weight is 318 g/mol. The summed E-state index contributed by atoms with van der Waals surface area (Å²) in [5.74, 6) is -0.0284. The summed E-state index contributed by atoms with van der Waals surface area (Å²) in [6, 6.07) is 6.62. The van der Waals surface area contributed by atoms with Crippen molar-refractivity contribution in [3.05, 3.63) is 29.8 Å². The molecular formula is C17H22N2O4. The molecule has 3 N–H and O–H groups in total. The van der Waals surface area contributed by atoms with Gasteiger partial charge in [0.1, 0.15) is 12.7 Å². The first-order valence-corrected chi connectivity index (χ1v) is 8.09. The quantitative estimate of drug-likeness (QED) is 0.782. The van der Waals surface area contributed by atoms with Crippen LogP contribution in [0.25, 0.3) is 0 Å². The van der Waals surface area contributed by atoms with Crippen molar-refractivity contribution in [2.45, 2.75) is 37.8 Å². The standard InChI is InChI=1S/C17H22N2O4/c20-15-10-23-9-14(19-15)16(21)11-5-7-13(8-6-11)18-17(22)12-3-1-2-4-12/h5-8,12,14,16,21H,1-4,9-10H2,(H,18,22)(H,19,20). The number of aliphatic hydroxyl groups excluding tert-OH is 1. The Hall–Kier alpha value is -1.92. The average Bonchev–Trinajstić information content (AvgIpc) is 3.09. The molecule has 0 spiro atoms. The third-order valence-corrected chi connectivity index (χ3v) is 4.50. The predicted molar refractivity (Wildman–Crippen MR) is 84.7 cm³/mol. The summed E-state index contributed by atoms with van der Waals surface area (Å²) in [7, 11) is 0. The lowest BCUT2D eigenvalue weighted by Gasteiger charge is -2.28. The molecule has 124 valence electrons. The lowest BCUT2D eigenvalue weighted by atomic mass is 10.0. The van der Waals surface area contributed by atoms with E-state index in [0.29, 0.717) is 5.56 Å². The van der Waals surface area contributed by atoms with Crippen LogP contribution in [0.15, 0.2) is 24.3 Å². The molecule has 1 heterocycles. The molecule has 6 heteroatoms. The Balaban J connectivity index is 1.59. The second-order valence-corrected chi connectivity index (χ2v) is 6.23. The molecule has 1 aromatic rings. The molecule has 2 unspecified atom stereocenters. The van der Waals surface area contributed by atoms with Gasteiger partial charge in [0.05, 0.1) is 12.6 Å². The van der Waals surface area contributed by atoms with E-state index in [1.807, 2.05) is 0 Å². The first-order valence-electron chi connectivity index (χ1n) is 8.09. The summed E-state index contributed by atoms with van der Waals surface area (Å²) in [6.45, 7) is 0.322. The van der Waals surface area contributed by atoms with Crippen molar-refractivity contribution in [2.75, 3.05) is 18.5 Å². The monoisotopic (exact) mass is 318 g/mol. The zero-order chi connectivity index (χ0) is 16.2. The number of hydrogen-bond donors (Lipinski definition) is 3. The molecule has 1 aromatic carbocycles. The number of ether oxygens (including phenoxy) is 1. The van der Waals surface area contributed by atoms with Crippen LogP contribution in [0.4, 0.5) is 5.69 Å². The molecular weight excluding hydrogens is 296 g/mol. The van der Waals surface area contributed by atoms with E-state index < -0.39 is 12.1 Å². The highest BCUT2D eigenvalue weighted by molar-refractivity contribution is 5.92. The number of anilines is 1. The van der Waals surface area contributed by atoms with Crippen LogP contribution in [0.2, 0.25) is 0 Å². The van der Waals surface area contributed by atoms with Crippen LogP contribution in [-0.4, -0.2) is 36.2 Å². The van der Waals surface area contributed by atoms with Crippen molar-refractivity contribution >= 4 is 17.5 Å². The minimum absolute atomic E-state index is 0.0371. The van der Waals surface area contributed by atoms with Crippen molar-refractivity contribution in [1.29, 1.82) is 0 Å². The van der Waals surface area contributed by atoms with Crippen LogP contribution in [0, 0.1) is 5.92 Å². The highest BCUT2D eigenvalue weighted by atomic mass is 16.5. The number of aliphatic hydroxyl groups is 1. The molecule has 2 aliphatic rings. The SMILES string of the molecule is O=C1COCC(C(O)c2ccc(NC(=O)C3CCCC3)cc2)N1. The largest absolute Gasteiger partial charge is 0.386 e. The zero-order valence-corrected chi connectivity index (χ0v) is 13.0. The van der Waals surface area contributed by atoms with Gasteiger partial charge in [0.25, 0.3) is 0 Å². The second kappa shape index (κ2) is 7.10. The molecule has 3 rings (SSSR count). The Bertz CT molecular complexity index is 566. The number of carbonyl (C=O) groups excluding carboxylic acids is 2. The molecule has 0 bridgehead atoms. The maximum atomic E-state index is 12.1. The number of morpholine rings is 1. The zero-order valence-electron chi connectivity index (χ0n) is 13.0. The highest BCUT2D eigenvalue weighted by Crippen LogP contribution is 2.26. The molecule has 2 fully saturated rings. The van der Waals surface area contributed by atoms with Crippen LogP contribution < -0.4 is 10.6 Å². The lowest BCUT2D eigenvalue weighted by Crippen LogP contribution is -2.48. The smallest absolute Gasteiger partial charge is 0.246 e. The van der Waals surface area contributed by atoms with E-state index in [1.165, 1.54) is 0 Å². The van der Waals surface area contributed by atoms with Crippen molar-refractivity contribution in [2.24, 2.45) is 5.92 Å². The number of nitrogens with one attached hydrogen (secondary N) is 2. The van der Waals surface area contributed by atoms with E-state index in [4.69, 9.17) is 4.74 Å². The molecule has 1 aliphatic carbocycles. The van der Waals surface area contributed by atoms with Crippen LogP contribution in [0.3, 0.4) is 0 Å². The minimum Gasteiger partial charge on any atom is -0.386 e. The maximum absolute atomic E-state index is 12.1. The number of benzene rings is 1. The van der Waals surface area contributed by atoms with E-state index in [1.54, 1.807) is 24.3 Å². The number of carbonyl (C=O) groups is 2. The second-order valence-electron chi connectivity index (χ2n) is 6.23. The summed E-state index contributed by atoms with van der Waals surface area (Å²) in [5.41, 5.74) is 1.40. The molecule has 1 aliphatic heterocycles. The highest BCUT2D eigenvalue weighted by Gasteiger charge is 2.27. The first-order chi connectivity index (χ1) is 11.1. The minimum atomic E-state index is -0.834. The first kappa shape index (κ1) is 16.0. The Morgan fingerprint density at radius 3 is 2.61 bits per heavy atom. The maximum Gasteiger partial charge on any atom is 0.246 e. The van der Waals surface area contributed by atoms with Crippen LogP contribution in [0.1, 0.15) is 37.4 Å². The van der Waals surface area contributed by atoms with Crippen molar-refractivity contribution in [3.63, 3.8) is 0 Å². The van der Waals surface area contributed by atoms with E-state index in [-0.39, 0.29) is 30.9 Å². The Morgan fingerprint density at radius 1 is 1.26 bits per heavy atom. The Morgan fingerprint density at radius 2 is 1.96 bits per heavy atom. The predicted octanol–water partition coefficient (Wildman–Crippen LogP) is 1.36. The molecule has 2 atom stereocenters. The van der Waals surface area contributed by atoms with Gasteiger partial charge in [-0.3, -0.25) is 9.59 Å². The van der Waals surface area contributed by atoms with Gasteiger partial charge in [0.15, 0.2) is 0 Å². The number of rotatable bonds is 4. The van der Waals surface area contributed by atoms with Gasteiger partial charge in [-0.25, -0.2) is 0 Å². The molecule has 0 radical (unpaired) electrons. The Labute approximate surface area is 135 Å². The molecule has 1 saturated carbocycles. The summed E-state index contributed by atoms with van der Waals surface area (Å²) in [4.78, 5) is 23.4. The van der Waals surface area contributed by atoms with E-state index in [2.05, 4.69) is 10.6 Å². The van der Waals surface area contributed by atoms with Crippen molar-refractivity contribution in [3.8, 4) is 0 Å². The Kier molecular flexibility index (Phi) is 4.93. The summed E-state index contributed by atoms with van der Waals surface area (Å²) in [5, 5.41) is 16.0. The van der Waals surface area contributed by atoms with Crippen molar-refractivity contribution < 1.29 is 19.4 Å².